The Bertz CT molecular complexity index is 395. The molecule has 3 N–H and O–H groups in total. The molecule has 0 bridgehead atoms. The van der Waals surface area contributed by atoms with Gasteiger partial charge < -0.3 is 15.6 Å². The van der Waals surface area contributed by atoms with Crippen LogP contribution in [0.25, 0.3) is 0 Å². The molecule has 0 aliphatic carbocycles. The molecule has 0 fully saturated rings. The molecule has 0 amide bonds. The van der Waals surface area contributed by atoms with Crippen molar-refractivity contribution < 1.29 is 15.6 Å². The molecule has 0 saturated carbocycles. The topological polar surface area (TPSA) is 67.8 Å². The van der Waals surface area contributed by atoms with Crippen LogP contribution in [0.4, 0.5) is 0 Å². The van der Waals surface area contributed by atoms with E-state index in [2.05, 4.69) is 12.7 Å². The average Bonchev–Trinajstić information content (AvgIpc) is 2.86. The van der Waals surface area contributed by atoms with Gasteiger partial charge in [-0.15, -0.1) is 11.3 Å². The van der Waals surface area contributed by atoms with E-state index < -0.39 is 5.97 Å². The van der Waals surface area contributed by atoms with Gasteiger partial charge in [0.1, 0.15) is 4.34 Å². The van der Waals surface area contributed by atoms with Crippen molar-refractivity contribution in [2.75, 3.05) is 6.54 Å². The first-order chi connectivity index (χ1) is 11.0. The number of aromatic carboxylic acids is 1. The van der Waals surface area contributed by atoms with E-state index in [9.17, 15) is 9.90 Å². The Morgan fingerprint density at radius 1 is 1.04 bits per heavy atom. The summed E-state index contributed by atoms with van der Waals surface area (Å²) in [5, 5.41) is 10.4. The maximum absolute atomic E-state index is 10.1. The molecule has 0 atom stereocenters. The summed E-state index contributed by atoms with van der Waals surface area (Å²) >= 11 is 11.8. The quantitative estimate of drug-likeness (QED) is 0.570. The highest BCUT2D eigenvalue weighted by Crippen LogP contribution is 2.30. The molecule has 0 saturated heterocycles. The number of carboxylic acid groups (broad SMARTS) is 1. The first kappa shape index (κ1) is 22.7. The maximum atomic E-state index is 10.1. The molecule has 0 aromatic carbocycles. The predicted octanol–water partition coefficient (Wildman–Crippen LogP) is 4.57. The second-order valence-electron chi connectivity index (χ2n) is 5.56. The smallest absolute Gasteiger partial charge is 0.112 e. The fraction of sp³-hybridized carbons (Fsp3) is 0.706. The normalized spacial score (nSPS) is 10.3. The zero-order chi connectivity index (χ0) is 17.5. The Balaban J connectivity index is 0.000000433. The van der Waals surface area contributed by atoms with Crippen LogP contribution < -0.4 is 10.8 Å². The summed E-state index contributed by atoms with van der Waals surface area (Å²) < 4.78 is 0.279. The lowest BCUT2D eigenvalue weighted by atomic mass is 10.1. The zero-order valence-corrected chi connectivity index (χ0v) is 16.4. The van der Waals surface area contributed by atoms with Gasteiger partial charge in [-0.25, -0.2) is 0 Å². The van der Waals surface area contributed by atoms with Gasteiger partial charge in [0, 0.05) is 0 Å². The second-order valence-corrected chi connectivity index (χ2v) is 7.62. The number of hydrogen-bond donors (Lipinski definition) is 1. The summed E-state index contributed by atoms with van der Waals surface area (Å²) in [5.41, 5.74) is 3.85. The standard InChI is InChI=1S/C12H27N.C5H2Cl2O2S/c1-2-3-4-5-6-7-8-9-10-11-12-13;6-2-1-3(5(8)9)10-4(2)7/h2-13H2,1H3;1H,(H,8,9). The Labute approximate surface area is 154 Å². The van der Waals surface area contributed by atoms with Crippen LogP contribution >= 0.6 is 34.5 Å². The fourth-order valence-corrected chi connectivity index (χ4v) is 3.31. The number of halogens is 2. The minimum atomic E-state index is -1.25. The van der Waals surface area contributed by atoms with E-state index in [1.165, 1.54) is 70.3 Å². The third-order valence-electron chi connectivity index (χ3n) is 3.45. The highest BCUT2D eigenvalue weighted by Gasteiger charge is 2.04. The van der Waals surface area contributed by atoms with Crippen molar-refractivity contribution in [1.29, 1.82) is 0 Å². The lowest BCUT2D eigenvalue weighted by molar-refractivity contribution is -0.368. The molecule has 6 heteroatoms. The van der Waals surface area contributed by atoms with Gasteiger partial charge >= 0.3 is 0 Å². The fourth-order valence-electron chi connectivity index (χ4n) is 2.11. The van der Waals surface area contributed by atoms with E-state index in [0.717, 1.165) is 17.9 Å². The summed E-state index contributed by atoms with van der Waals surface area (Å²) in [4.78, 5) is 10.2. The lowest BCUT2D eigenvalue weighted by Crippen LogP contribution is -2.50. The molecule has 1 heterocycles. The molecule has 23 heavy (non-hydrogen) atoms. The molecule has 134 valence electrons. The third-order valence-corrected chi connectivity index (χ3v) is 5.30. The average molecular weight is 382 g/mol. The first-order valence-corrected chi connectivity index (χ1v) is 10.1. The van der Waals surface area contributed by atoms with E-state index in [0.29, 0.717) is 0 Å². The summed E-state index contributed by atoms with van der Waals surface area (Å²) in [6, 6.07) is 1.27. The van der Waals surface area contributed by atoms with Gasteiger partial charge in [-0.2, -0.15) is 0 Å². The molecule has 1 rings (SSSR count). The molecule has 0 aliphatic rings. The number of carbonyl (C=O) groups excluding carboxylic acids is 1. The Hall–Kier alpha value is -0.290. The highest BCUT2D eigenvalue weighted by atomic mass is 35.5. The Kier molecular flexibility index (Phi) is 15.1. The number of hydrogen-bond acceptors (Lipinski definition) is 3. The maximum Gasteiger partial charge on any atom is 0.112 e. The Morgan fingerprint density at radius 3 is 1.83 bits per heavy atom. The van der Waals surface area contributed by atoms with E-state index in [1.54, 1.807) is 0 Å². The second kappa shape index (κ2) is 15.3. The number of rotatable bonds is 11. The highest BCUT2D eigenvalue weighted by molar-refractivity contribution is 7.18. The van der Waals surface area contributed by atoms with Gasteiger partial charge in [-0.05, 0) is 18.9 Å². The molecule has 1 aromatic heterocycles. The van der Waals surface area contributed by atoms with Crippen LogP contribution in [0.3, 0.4) is 0 Å². The minimum absolute atomic E-state index is 0.0509. The van der Waals surface area contributed by atoms with Crippen molar-refractivity contribution in [3.05, 3.63) is 20.3 Å². The number of unbranched alkanes of at least 4 members (excludes halogenated alkanes) is 9. The number of carboxylic acids is 1. The molecular weight excluding hydrogens is 353 g/mol. The van der Waals surface area contributed by atoms with Crippen LogP contribution in [0.15, 0.2) is 6.07 Å². The van der Waals surface area contributed by atoms with E-state index in [1.807, 2.05) is 0 Å². The van der Waals surface area contributed by atoms with Gasteiger partial charge in [0.15, 0.2) is 0 Å². The van der Waals surface area contributed by atoms with Gasteiger partial charge in [0.25, 0.3) is 0 Å². The van der Waals surface area contributed by atoms with Crippen LogP contribution in [0.1, 0.15) is 80.8 Å². The van der Waals surface area contributed by atoms with E-state index in [4.69, 9.17) is 23.2 Å². The van der Waals surface area contributed by atoms with Gasteiger partial charge in [0.2, 0.25) is 0 Å². The van der Waals surface area contributed by atoms with Crippen LogP contribution in [0, 0.1) is 0 Å². The largest absolute Gasteiger partial charge is 0.544 e. The molecular formula is C17H29Cl2NO2S. The monoisotopic (exact) mass is 381 g/mol. The summed E-state index contributed by atoms with van der Waals surface area (Å²) in [5.74, 6) is -1.25. The SMILES string of the molecule is CCCCCCCCCCCC[NH3+].O=C([O-])c1cc(Cl)c(Cl)s1. The van der Waals surface area contributed by atoms with Gasteiger partial charge in [-0.3, -0.25) is 0 Å². The molecule has 0 spiro atoms. The van der Waals surface area contributed by atoms with Gasteiger partial charge in [-0.1, -0.05) is 81.5 Å². The van der Waals surface area contributed by atoms with Crippen LogP contribution in [-0.4, -0.2) is 12.5 Å². The number of quaternary nitrogens is 1. The minimum Gasteiger partial charge on any atom is -0.544 e. The molecule has 0 aliphatic heterocycles. The first-order valence-electron chi connectivity index (χ1n) is 8.48. The van der Waals surface area contributed by atoms with Gasteiger partial charge in [0.05, 0.1) is 22.4 Å². The number of carbonyl (C=O) groups is 1. The van der Waals surface area contributed by atoms with Crippen LogP contribution in [0.5, 0.6) is 0 Å². The van der Waals surface area contributed by atoms with E-state index >= 15 is 0 Å². The lowest BCUT2D eigenvalue weighted by Gasteiger charge is -2.00. The van der Waals surface area contributed by atoms with Crippen LogP contribution in [-0.2, 0) is 0 Å². The third kappa shape index (κ3) is 12.8. The van der Waals surface area contributed by atoms with Crippen molar-refractivity contribution >= 4 is 40.5 Å². The van der Waals surface area contributed by atoms with Crippen molar-refractivity contribution in [2.24, 2.45) is 0 Å². The summed E-state index contributed by atoms with van der Waals surface area (Å²) in [7, 11) is 0. The number of thiophene rings is 1. The predicted molar refractivity (Wildman–Crippen MR) is 98.3 cm³/mol. The van der Waals surface area contributed by atoms with E-state index in [-0.39, 0.29) is 14.2 Å². The Morgan fingerprint density at radius 2 is 1.52 bits per heavy atom. The molecule has 1 aromatic rings. The molecule has 3 nitrogen and oxygen atoms in total. The van der Waals surface area contributed by atoms with Crippen LogP contribution in [0.2, 0.25) is 9.36 Å². The molecule has 0 unspecified atom stereocenters. The van der Waals surface area contributed by atoms with Crippen molar-refractivity contribution in [3.8, 4) is 0 Å². The molecule has 0 radical (unpaired) electrons. The summed E-state index contributed by atoms with van der Waals surface area (Å²) in [6.07, 6.45) is 14.2. The van der Waals surface area contributed by atoms with Crippen molar-refractivity contribution in [3.63, 3.8) is 0 Å². The van der Waals surface area contributed by atoms with Crippen molar-refractivity contribution in [2.45, 2.75) is 71.1 Å². The van der Waals surface area contributed by atoms with Crippen molar-refractivity contribution in [1.82, 2.24) is 0 Å². The summed E-state index contributed by atoms with van der Waals surface area (Å²) in [6.45, 7) is 3.40. The zero-order valence-electron chi connectivity index (χ0n) is 14.0.